The first kappa shape index (κ1) is 17.2. The molecule has 0 unspecified atom stereocenters. The number of nitrogens with zero attached hydrogens (tertiary/aromatic N) is 2. The molecule has 0 saturated carbocycles. The van der Waals surface area contributed by atoms with Crippen molar-refractivity contribution in [1.82, 2.24) is 4.68 Å². The number of nitrogens with one attached hydrogen (secondary N) is 1. The van der Waals surface area contributed by atoms with Gasteiger partial charge < -0.3 is 9.84 Å². The molecule has 1 aromatic heterocycles. The molecule has 6 heteroatoms. The van der Waals surface area contributed by atoms with Crippen LogP contribution in [0.4, 0.5) is 0 Å². The third-order valence-corrected chi connectivity index (χ3v) is 3.44. The SMILES string of the molecule is CCOc1cc(/C=C(/C#N)C(=O)Nn2c(C)ccc2C)ccc1O. The van der Waals surface area contributed by atoms with Crippen LogP contribution >= 0.6 is 0 Å². The predicted molar refractivity (Wildman–Crippen MR) is 91.1 cm³/mol. The fourth-order valence-electron chi connectivity index (χ4n) is 2.21. The van der Waals surface area contributed by atoms with Crippen LogP contribution in [0.3, 0.4) is 0 Å². The largest absolute Gasteiger partial charge is 0.504 e. The summed E-state index contributed by atoms with van der Waals surface area (Å²) in [4.78, 5) is 12.3. The number of carbonyl (C=O) groups excluding carboxylic acids is 1. The number of aryl methyl sites for hydroxylation is 2. The highest BCUT2D eigenvalue weighted by molar-refractivity contribution is 6.06. The van der Waals surface area contributed by atoms with E-state index in [9.17, 15) is 15.2 Å². The Bertz CT molecular complexity index is 809. The Kier molecular flexibility index (Phi) is 5.27. The summed E-state index contributed by atoms with van der Waals surface area (Å²) in [5.74, 6) is -0.192. The van der Waals surface area contributed by atoms with Crippen molar-refractivity contribution in [2.45, 2.75) is 20.8 Å². The fourth-order valence-corrected chi connectivity index (χ4v) is 2.21. The van der Waals surface area contributed by atoms with E-state index in [-0.39, 0.29) is 11.3 Å². The van der Waals surface area contributed by atoms with Gasteiger partial charge in [-0.25, -0.2) is 0 Å². The Hall–Kier alpha value is -3.20. The molecule has 0 radical (unpaired) electrons. The van der Waals surface area contributed by atoms with Crippen LogP contribution in [-0.4, -0.2) is 22.3 Å². The number of amides is 1. The summed E-state index contributed by atoms with van der Waals surface area (Å²) in [6.45, 7) is 5.92. The number of rotatable bonds is 5. The number of carbonyl (C=O) groups is 1. The molecular weight excluding hydrogens is 306 g/mol. The maximum atomic E-state index is 12.3. The van der Waals surface area contributed by atoms with E-state index < -0.39 is 5.91 Å². The van der Waals surface area contributed by atoms with Crippen LogP contribution in [-0.2, 0) is 4.79 Å². The number of nitriles is 1. The smallest absolute Gasteiger partial charge is 0.280 e. The van der Waals surface area contributed by atoms with Gasteiger partial charge in [-0.15, -0.1) is 0 Å². The number of benzene rings is 1. The second kappa shape index (κ2) is 7.38. The van der Waals surface area contributed by atoms with Gasteiger partial charge in [0, 0.05) is 11.4 Å². The number of phenols is 1. The van der Waals surface area contributed by atoms with Gasteiger partial charge in [0.1, 0.15) is 11.6 Å². The number of ether oxygens (including phenoxy) is 1. The number of phenolic OH excluding ortho intramolecular Hbond substituents is 1. The lowest BCUT2D eigenvalue weighted by Gasteiger charge is -2.11. The standard InChI is InChI=1S/C18H19N3O3/c1-4-24-17-10-14(7-8-16(17)22)9-15(11-19)18(23)20-21-12(2)5-6-13(21)3/h5-10,22H,4H2,1-3H3,(H,20,23)/b15-9-. The van der Waals surface area contributed by atoms with Crippen LogP contribution in [0.15, 0.2) is 35.9 Å². The Balaban J connectivity index is 2.27. The zero-order valence-corrected chi connectivity index (χ0v) is 13.8. The first-order chi connectivity index (χ1) is 11.5. The van der Waals surface area contributed by atoms with Crippen molar-refractivity contribution < 1.29 is 14.6 Å². The molecule has 2 aromatic rings. The van der Waals surface area contributed by atoms with Crippen LogP contribution < -0.4 is 10.2 Å². The Morgan fingerprint density at radius 1 is 1.33 bits per heavy atom. The summed E-state index contributed by atoms with van der Waals surface area (Å²) in [5, 5.41) is 19.0. The molecule has 1 heterocycles. The van der Waals surface area contributed by atoms with Gasteiger partial charge in [0.15, 0.2) is 11.5 Å². The van der Waals surface area contributed by atoms with Gasteiger partial charge in [-0.2, -0.15) is 5.26 Å². The van der Waals surface area contributed by atoms with Gasteiger partial charge in [0.25, 0.3) is 5.91 Å². The normalized spacial score (nSPS) is 11.0. The number of aromatic nitrogens is 1. The third-order valence-electron chi connectivity index (χ3n) is 3.44. The summed E-state index contributed by atoms with van der Waals surface area (Å²) in [5.41, 5.74) is 4.95. The second-order valence-corrected chi connectivity index (χ2v) is 5.22. The average Bonchev–Trinajstić information content (AvgIpc) is 2.87. The van der Waals surface area contributed by atoms with Crippen molar-refractivity contribution in [2.75, 3.05) is 12.0 Å². The van der Waals surface area contributed by atoms with Gasteiger partial charge >= 0.3 is 0 Å². The topological polar surface area (TPSA) is 87.3 Å². The van der Waals surface area contributed by atoms with Crippen molar-refractivity contribution in [3.63, 3.8) is 0 Å². The van der Waals surface area contributed by atoms with Gasteiger partial charge in [-0.3, -0.25) is 14.9 Å². The lowest BCUT2D eigenvalue weighted by atomic mass is 10.1. The van der Waals surface area contributed by atoms with Gasteiger partial charge in [0.2, 0.25) is 0 Å². The zero-order valence-electron chi connectivity index (χ0n) is 13.8. The molecule has 2 rings (SSSR count). The number of aromatic hydroxyl groups is 1. The molecule has 0 aliphatic rings. The van der Waals surface area contributed by atoms with Crippen LogP contribution in [0.25, 0.3) is 6.08 Å². The molecule has 0 spiro atoms. The van der Waals surface area contributed by atoms with Crippen LogP contribution in [0.5, 0.6) is 11.5 Å². The van der Waals surface area contributed by atoms with Gasteiger partial charge in [-0.05, 0) is 56.7 Å². The highest BCUT2D eigenvalue weighted by Gasteiger charge is 2.12. The molecule has 0 aliphatic carbocycles. The molecule has 2 N–H and O–H groups in total. The lowest BCUT2D eigenvalue weighted by molar-refractivity contribution is -0.113. The van der Waals surface area contributed by atoms with E-state index in [1.807, 2.05) is 32.0 Å². The van der Waals surface area contributed by atoms with Crippen molar-refractivity contribution in [3.05, 3.63) is 52.9 Å². The van der Waals surface area contributed by atoms with Gasteiger partial charge in [-0.1, -0.05) is 6.07 Å². The molecule has 24 heavy (non-hydrogen) atoms. The van der Waals surface area contributed by atoms with Gasteiger partial charge in [0.05, 0.1) is 6.61 Å². The fraction of sp³-hybridized carbons (Fsp3) is 0.222. The molecule has 6 nitrogen and oxygen atoms in total. The van der Waals surface area contributed by atoms with E-state index in [1.54, 1.807) is 23.7 Å². The quantitative estimate of drug-likeness (QED) is 0.653. The maximum absolute atomic E-state index is 12.3. The summed E-state index contributed by atoms with van der Waals surface area (Å²) in [6.07, 6.45) is 1.45. The third kappa shape index (κ3) is 3.76. The molecule has 0 saturated heterocycles. The first-order valence-corrected chi connectivity index (χ1v) is 7.50. The highest BCUT2D eigenvalue weighted by atomic mass is 16.5. The first-order valence-electron chi connectivity index (χ1n) is 7.50. The average molecular weight is 325 g/mol. The molecule has 0 bridgehead atoms. The Labute approximate surface area is 140 Å². The van der Waals surface area contributed by atoms with E-state index in [0.717, 1.165) is 11.4 Å². The Morgan fingerprint density at radius 3 is 2.58 bits per heavy atom. The van der Waals surface area contributed by atoms with E-state index in [4.69, 9.17) is 4.74 Å². The molecule has 0 aliphatic heterocycles. The molecule has 1 aromatic carbocycles. The summed E-state index contributed by atoms with van der Waals surface area (Å²) in [6, 6.07) is 10.3. The van der Waals surface area contributed by atoms with E-state index in [2.05, 4.69) is 5.43 Å². The lowest BCUT2D eigenvalue weighted by Crippen LogP contribution is -2.25. The van der Waals surface area contributed by atoms with Crippen LogP contribution in [0.1, 0.15) is 23.9 Å². The minimum absolute atomic E-state index is 0.00977. The van der Waals surface area contributed by atoms with Crippen LogP contribution in [0.2, 0.25) is 0 Å². The second-order valence-electron chi connectivity index (χ2n) is 5.22. The minimum atomic E-state index is -0.508. The molecule has 1 amide bonds. The van der Waals surface area contributed by atoms with E-state index in [0.29, 0.717) is 17.9 Å². The highest BCUT2D eigenvalue weighted by Crippen LogP contribution is 2.27. The minimum Gasteiger partial charge on any atom is -0.504 e. The number of hydrogen-bond acceptors (Lipinski definition) is 4. The molecule has 0 atom stereocenters. The summed E-state index contributed by atoms with van der Waals surface area (Å²) >= 11 is 0. The van der Waals surface area contributed by atoms with Crippen molar-refractivity contribution >= 4 is 12.0 Å². The summed E-state index contributed by atoms with van der Waals surface area (Å²) < 4.78 is 6.92. The Morgan fingerprint density at radius 2 is 2.00 bits per heavy atom. The van der Waals surface area contributed by atoms with E-state index >= 15 is 0 Å². The number of hydrogen-bond donors (Lipinski definition) is 2. The van der Waals surface area contributed by atoms with Crippen molar-refractivity contribution in [1.29, 1.82) is 5.26 Å². The predicted octanol–water partition coefficient (Wildman–Crippen LogP) is 2.89. The van der Waals surface area contributed by atoms with Crippen molar-refractivity contribution in [2.24, 2.45) is 0 Å². The van der Waals surface area contributed by atoms with Crippen molar-refractivity contribution in [3.8, 4) is 17.6 Å². The van der Waals surface area contributed by atoms with Crippen LogP contribution in [0, 0.1) is 25.2 Å². The summed E-state index contributed by atoms with van der Waals surface area (Å²) in [7, 11) is 0. The molecule has 124 valence electrons. The monoisotopic (exact) mass is 325 g/mol. The molecular formula is C18H19N3O3. The maximum Gasteiger partial charge on any atom is 0.280 e. The van der Waals surface area contributed by atoms with E-state index in [1.165, 1.54) is 12.1 Å². The molecule has 0 fully saturated rings. The zero-order chi connectivity index (χ0) is 17.7.